The lowest BCUT2D eigenvalue weighted by atomic mass is 9.85. The van der Waals surface area contributed by atoms with Crippen molar-refractivity contribution in [3.63, 3.8) is 0 Å². The molecule has 2 rings (SSSR count). The zero-order valence-electron chi connectivity index (χ0n) is 8.47. The molecular formula is C11H12N2O2. The van der Waals surface area contributed by atoms with Gasteiger partial charge in [-0.25, -0.2) is 0 Å². The van der Waals surface area contributed by atoms with E-state index in [9.17, 15) is 4.79 Å². The van der Waals surface area contributed by atoms with E-state index in [-0.39, 0.29) is 6.42 Å². The zero-order chi connectivity index (χ0) is 10.9. The summed E-state index contributed by atoms with van der Waals surface area (Å²) in [7, 11) is 0. The van der Waals surface area contributed by atoms with Crippen molar-refractivity contribution in [2.75, 3.05) is 0 Å². The van der Waals surface area contributed by atoms with Crippen molar-refractivity contribution in [3.8, 4) is 0 Å². The lowest BCUT2D eigenvalue weighted by Crippen LogP contribution is -2.24. The van der Waals surface area contributed by atoms with E-state index < -0.39 is 11.5 Å². The molecule has 1 atom stereocenters. The topological polar surface area (TPSA) is 62.0 Å². The first kappa shape index (κ1) is 9.83. The molecular weight excluding hydrogens is 192 g/mol. The number of hydrogen-bond donors (Lipinski definition) is 1. The van der Waals surface area contributed by atoms with E-state index in [1.165, 1.54) is 0 Å². The van der Waals surface area contributed by atoms with Gasteiger partial charge in [0, 0.05) is 5.56 Å². The number of carbonyl (C=O) groups is 1. The van der Waals surface area contributed by atoms with Crippen molar-refractivity contribution in [2.45, 2.75) is 25.3 Å². The second kappa shape index (κ2) is 3.46. The number of aliphatic carboxylic acids is 1. The van der Waals surface area contributed by atoms with Crippen LogP contribution in [-0.4, -0.2) is 11.1 Å². The SMILES string of the molecule is CCC1(CC(=O)O)N=Nc2ccccc21. The Morgan fingerprint density at radius 3 is 2.87 bits per heavy atom. The average molecular weight is 204 g/mol. The lowest BCUT2D eigenvalue weighted by molar-refractivity contribution is -0.138. The van der Waals surface area contributed by atoms with E-state index in [0.717, 1.165) is 11.3 Å². The summed E-state index contributed by atoms with van der Waals surface area (Å²) >= 11 is 0. The fourth-order valence-electron chi connectivity index (χ4n) is 1.92. The summed E-state index contributed by atoms with van der Waals surface area (Å²) in [5.41, 5.74) is 1.07. The fraction of sp³-hybridized carbons (Fsp3) is 0.364. The van der Waals surface area contributed by atoms with Crippen LogP contribution in [0.3, 0.4) is 0 Å². The van der Waals surface area contributed by atoms with Gasteiger partial charge in [-0.15, -0.1) is 0 Å². The predicted octanol–water partition coefficient (Wildman–Crippen LogP) is 2.86. The number of hydrogen-bond acceptors (Lipinski definition) is 3. The van der Waals surface area contributed by atoms with Gasteiger partial charge in [-0.2, -0.15) is 10.2 Å². The van der Waals surface area contributed by atoms with Gasteiger partial charge in [0.2, 0.25) is 0 Å². The first-order valence-corrected chi connectivity index (χ1v) is 4.92. The van der Waals surface area contributed by atoms with Gasteiger partial charge in [0.05, 0.1) is 12.1 Å². The van der Waals surface area contributed by atoms with Crippen LogP contribution in [0.1, 0.15) is 25.3 Å². The van der Waals surface area contributed by atoms with Gasteiger partial charge in [-0.05, 0) is 12.5 Å². The molecule has 0 bridgehead atoms. The van der Waals surface area contributed by atoms with Gasteiger partial charge in [0.15, 0.2) is 0 Å². The number of rotatable bonds is 3. The summed E-state index contributed by atoms with van der Waals surface area (Å²) in [4.78, 5) is 10.8. The van der Waals surface area contributed by atoms with Gasteiger partial charge < -0.3 is 5.11 Å². The number of fused-ring (bicyclic) bond motifs is 1. The number of azo groups is 1. The summed E-state index contributed by atoms with van der Waals surface area (Å²) in [6, 6.07) is 7.53. The molecule has 0 saturated carbocycles. The van der Waals surface area contributed by atoms with E-state index in [0.29, 0.717) is 6.42 Å². The number of carboxylic acid groups (broad SMARTS) is 1. The molecule has 1 unspecified atom stereocenters. The third-order valence-corrected chi connectivity index (χ3v) is 2.78. The van der Waals surface area contributed by atoms with Crippen LogP contribution in [0.4, 0.5) is 5.69 Å². The number of carboxylic acids is 1. The van der Waals surface area contributed by atoms with Gasteiger partial charge in [-0.1, -0.05) is 25.1 Å². The Morgan fingerprint density at radius 2 is 2.20 bits per heavy atom. The van der Waals surface area contributed by atoms with Crippen molar-refractivity contribution in [1.29, 1.82) is 0 Å². The van der Waals surface area contributed by atoms with Gasteiger partial charge in [0.1, 0.15) is 5.54 Å². The van der Waals surface area contributed by atoms with Crippen molar-refractivity contribution < 1.29 is 9.90 Å². The highest BCUT2D eigenvalue weighted by Crippen LogP contribution is 2.44. The highest BCUT2D eigenvalue weighted by molar-refractivity contribution is 5.70. The van der Waals surface area contributed by atoms with Crippen LogP contribution in [0.15, 0.2) is 34.5 Å². The predicted molar refractivity (Wildman–Crippen MR) is 55.2 cm³/mol. The van der Waals surface area contributed by atoms with E-state index in [2.05, 4.69) is 10.2 Å². The molecule has 0 amide bonds. The minimum absolute atomic E-state index is 0.00398. The average Bonchev–Trinajstić information content (AvgIpc) is 2.58. The van der Waals surface area contributed by atoms with Crippen LogP contribution < -0.4 is 0 Å². The normalized spacial score (nSPS) is 22.7. The largest absolute Gasteiger partial charge is 0.481 e. The Labute approximate surface area is 87.7 Å². The molecule has 0 fully saturated rings. The Balaban J connectivity index is 2.45. The summed E-state index contributed by atoms with van der Waals surface area (Å²) < 4.78 is 0. The fourth-order valence-corrected chi connectivity index (χ4v) is 1.92. The minimum atomic E-state index is -0.840. The standard InChI is InChI=1S/C11H12N2O2/c1-2-11(7-10(14)15)8-5-3-4-6-9(8)12-13-11/h3-6H,2,7H2,1H3,(H,14,15). The molecule has 1 aliphatic heterocycles. The second-order valence-electron chi connectivity index (χ2n) is 3.67. The number of nitrogens with zero attached hydrogens (tertiary/aromatic N) is 2. The lowest BCUT2D eigenvalue weighted by Gasteiger charge is -2.21. The molecule has 4 nitrogen and oxygen atoms in total. The molecule has 0 aliphatic carbocycles. The van der Waals surface area contributed by atoms with Crippen LogP contribution in [0.25, 0.3) is 0 Å². The van der Waals surface area contributed by atoms with Crippen molar-refractivity contribution in [1.82, 2.24) is 0 Å². The molecule has 1 N–H and O–H groups in total. The number of benzene rings is 1. The third-order valence-electron chi connectivity index (χ3n) is 2.78. The molecule has 0 spiro atoms. The van der Waals surface area contributed by atoms with Gasteiger partial charge >= 0.3 is 5.97 Å². The van der Waals surface area contributed by atoms with Crippen molar-refractivity contribution in [2.24, 2.45) is 10.2 Å². The van der Waals surface area contributed by atoms with Gasteiger partial charge in [0.25, 0.3) is 0 Å². The van der Waals surface area contributed by atoms with E-state index >= 15 is 0 Å². The van der Waals surface area contributed by atoms with E-state index in [1.807, 2.05) is 31.2 Å². The summed E-state index contributed by atoms with van der Waals surface area (Å²) in [5, 5.41) is 17.1. The van der Waals surface area contributed by atoms with E-state index in [1.54, 1.807) is 0 Å². The van der Waals surface area contributed by atoms with Crippen LogP contribution in [0.2, 0.25) is 0 Å². The summed E-state index contributed by atoms with van der Waals surface area (Å²) in [6.07, 6.45) is 0.657. The van der Waals surface area contributed by atoms with Crippen LogP contribution in [0.5, 0.6) is 0 Å². The molecule has 1 heterocycles. The molecule has 0 radical (unpaired) electrons. The van der Waals surface area contributed by atoms with Crippen LogP contribution in [0, 0.1) is 0 Å². The Morgan fingerprint density at radius 1 is 1.47 bits per heavy atom. The zero-order valence-corrected chi connectivity index (χ0v) is 8.47. The Kier molecular flexibility index (Phi) is 2.26. The Bertz CT molecular complexity index is 428. The molecule has 1 aromatic carbocycles. The smallest absolute Gasteiger partial charge is 0.306 e. The van der Waals surface area contributed by atoms with Crippen LogP contribution >= 0.6 is 0 Å². The quantitative estimate of drug-likeness (QED) is 0.822. The molecule has 15 heavy (non-hydrogen) atoms. The third kappa shape index (κ3) is 1.52. The molecule has 78 valence electrons. The van der Waals surface area contributed by atoms with E-state index in [4.69, 9.17) is 5.11 Å². The maximum Gasteiger partial charge on any atom is 0.306 e. The second-order valence-corrected chi connectivity index (χ2v) is 3.67. The minimum Gasteiger partial charge on any atom is -0.481 e. The summed E-state index contributed by atoms with van der Waals surface area (Å²) in [5.74, 6) is -0.840. The molecule has 1 aromatic rings. The molecule has 0 saturated heterocycles. The summed E-state index contributed by atoms with van der Waals surface area (Å²) in [6.45, 7) is 1.93. The van der Waals surface area contributed by atoms with Gasteiger partial charge in [-0.3, -0.25) is 4.79 Å². The first-order valence-electron chi connectivity index (χ1n) is 4.92. The highest BCUT2D eigenvalue weighted by Gasteiger charge is 2.38. The first-order chi connectivity index (χ1) is 7.18. The molecule has 0 aromatic heterocycles. The molecule has 4 heteroatoms. The Hall–Kier alpha value is -1.71. The molecule has 1 aliphatic rings. The monoisotopic (exact) mass is 204 g/mol. The van der Waals surface area contributed by atoms with Crippen molar-refractivity contribution in [3.05, 3.63) is 29.8 Å². The van der Waals surface area contributed by atoms with Crippen LogP contribution in [-0.2, 0) is 10.3 Å². The highest BCUT2D eigenvalue weighted by atomic mass is 16.4. The maximum atomic E-state index is 10.8. The maximum absolute atomic E-state index is 10.8. The van der Waals surface area contributed by atoms with Crippen molar-refractivity contribution >= 4 is 11.7 Å².